The van der Waals surface area contributed by atoms with E-state index in [0.29, 0.717) is 18.9 Å². The first-order chi connectivity index (χ1) is 9.51. The number of methoxy groups -OCH3 is 1. The number of esters is 1. The Hall–Kier alpha value is -1.14. The van der Waals surface area contributed by atoms with Crippen molar-refractivity contribution < 1.29 is 19.4 Å². The van der Waals surface area contributed by atoms with Crippen molar-refractivity contribution in [2.45, 2.75) is 38.3 Å². The molecule has 0 aliphatic carbocycles. The number of ether oxygens (including phenoxy) is 1. The van der Waals surface area contributed by atoms with Crippen LogP contribution in [0.4, 0.5) is 0 Å². The number of carbonyl (C=O) groups is 2. The molecule has 2 atom stereocenters. The van der Waals surface area contributed by atoms with Crippen LogP contribution in [-0.4, -0.2) is 72.2 Å². The van der Waals surface area contributed by atoms with Crippen molar-refractivity contribution in [3.05, 3.63) is 0 Å². The maximum atomic E-state index is 12.3. The number of carbonyl (C=O) groups excluding carboxylic acids is 2. The Kier molecular flexibility index (Phi) is 4.99. The van der Waals surface area contributed by atoms with Crippen LogP contribution in [-0.2, 0) is 14.3 Å². The van der Waals surface area contributed by atoms with Gasteiger partial charge in [-0.25, -0.2) is 0 Å². The SMILES string of the molecule is COC(=O)C1CC(O)CN1CC(=O)N1CCC(C)CC1. The zero-order valence-corrected chi connectivity index (χ0v) is 12.2. The largest absolute Gasteiger partial charge is 0.468 e. The van der Waals surface area contributed by atoms with Gasteiger partial charge in [0, 0.05) is 26.1 Å². The van der Waals surface area contributed by atoms with Gasteiger partial charge in [-0.3, -0.25) is 14.5 Å². The third kappa shape index (κ3) is 3.49. The van der Waals surface area contributed by atoms with Crippen molar-refractivity contribution in [2.75, 3.05) is 33.3 Å². The molecule has 2 fully saturated rings. The lowest BCUT2D eigenvalue weighted by Gasteiger charge is -2.32. The van der Waals surface area contributed by atoms with Crippen LogP contribution in [0.1, 0.15) is 26.2 Å². The number of nitrogens with zero attached hydrogens (tertiary/aromatic N) is 2. The summed E-state index contributed by atoms with van der Waals surface area (Å²) >= 11 is 0. The van der Waals surface area contributed by atoms with E-state index >= 15 is 0 Å². The van der Waals surface area contributed by atoms with Gasteiger partial charge >= 0.3 is 5.97 Å². The summed E-state index contributed by atoms with van der Waals surface area (Å²) in [5.41, 5.74) is 0. The number of likely N-dealkylation sites (tertiary alicyclic amines) is 2. The van der Waals surface area contributed by atoms with E-state index in [2.05, 4.69) is 6.92 Å². The maximum absolute atomic E-state index is 12.3. The van der Waals surface area contributed by atoms with Gasteiger partial charge in [-0.05, 0) is 18.8 Å². The Morgan fingerprint density at radius 3 is 2.55 bits per heavy atom. The fourth-order valence-corrected chi connectivity index (χ4v) is 2.97. The molecule has 0 aromatic heterocycles. The van der Waals surface area contributed by atoms with Gasteiger partial charge in [-0.2, -0.15) is 0 Å². The summed E-state index contributed by atoms with van der Waals surface area (Å²) in [6.45, 7) is 4.32. The van der Waals surface area contributed by atoms with E-state index < -0.39 is 12.1 Å². The van der Waals surface area contributed by atoms with Crippen molar-refractivity contribution in [3.63, 3.8) is 0 Å². The fourth-order valence-electron chi connectivity index (χ4n) is 2.97. The first-order valence-corrected chi connectivity index (χ1v) is 7.29. The normalized spacial score (nSPS) is 28.6. The summed E-state index contributed by atoms with van der Waals surface area (Å²) in [6, 6.07) is -0.498. The minimum absolute atomic E-state index is 0.0416. The molecule has 2 unspecified atom stereocenters. The van der Waals surface area contributed by atoms with Gasteiger partial charge in [0.1, 0.15) is 6.04 Å². The molecular weight excluding hydrogens is 260 g/mol. The lowest BCUT2D eigenvalue weighted by atomic mass is 9.99. The predicted octanol–water partition coefficient (Wildman–Crippen LogP) is -0.147. The van der Waals surface area contributed by atoms with E-state index in [9.17, 15) is 14.7 Å². The molecule has 0 bridgehead atoms. The van der Waals surface area contributed by atoms with E-state index in [1.54, 1.807) is 4.90 Å². The molecule has 0 saturated carbocycles. The molecule has 0 aromatic rings. The number of aliphatic hydroxyl groups excluding tert-OH is 1. The highest BCUT2D eigenvalue weighted by Gasteiger charge is 2.38. The summed E-state index contributed by atoms with van der Waals surface area (Å²) in [6.07, 6.45) is 1.86. The molecule has 1 amide bonds. The van der Waals surface area contributed by atoms with Crippen LogP contribution in [0.5, 0.6) is 0 Å². The summed E-state index contributed by atoms with van der Waals surface area (Å²) < 4.78 is 4.74. The van der Waals surface area contributed by atoms with Crippen molar-refractivity contribution in [2.24, 2.45) is 5.92 Å². The molecule has 6 heteroatoms. The molecule has 2 aliphatic heterocycles. The average molecular weight is 284 g/mol. The molecule has 2 aliphatic rings. The molecule has 20 heavy (non-hydrogen) atoms. The van der Waals surface area contributed by atoms with E-state index in [0.717, 1.165) is 25.9 Å². The Balaban J connectivity index is 1.90. The van der Waals surface area contributed by atoms with Gasteiger partial charge < -0.3 is 14.7 Å². The highest BCUT2D eigenvalue weighted by atomic mass is 16.5. The van der Waals surface area contributed by atoms with Gasteiger partial charge in [-0.1, -0.05) is 6.92 Å². The van der Waals surface area contributed by atoms with Gasteiger partial charge in [0.15, 0.2) is 0 Å². The zero-order chi connectivity index (χ0) is 14.7. The maximum Gasteiger partial charge on any atom is 0.323 e. The van der Waals surface area contributed by atoms with E-state index in [-0.39, 0.29) is 18.4 Å². The molecular formula is C14H24N2O4. The summed E-state index contributed by atoms with van der Waals surface area (Å²) in [4.78, 5) is 27.5. The second-order valence-electron chi connectivity index (χ2n) is 5.92. The number of aliphatic hydroxyl groups is 1. The number of piperidine rings is 1. The van der Waals surface area contributed by atoms with Crippen molar-refractivity contribution >= 4 is 11.9 Å². The average Bonchev–Trinajstić information content (AvgIpc) is 2.79. The fraction of sp³-hybridized carbons (Fsp3) is 0.857. The Morgan fingerprint density at radius 2 is 1.95 bits per heavy atom. The van der Waals surface area contributed by atoms with Gasteiger partial charge in [0.25, 0.3) is 0 Å². The number of amides is 1. The molecule has 1 N–H and O–H groups in total. The minimum Gasteiger partial charge on any atom is -0.468 e. The summed E-state index contributed by atoms with van der Waals surface area (Å²) in [7, 11) is 1.33. The van der Waals surface area contributed by atoms with Gasteiger partial charge in [0.05, 0.1) is 19.8 Å². The highest BCUT2D eigenvalue weighted by molar-refractivity contribution is 5.81. The molecule has 2 heterocycles. The summed E-state index contributed by atoms with van der Waals surface area (Å²) in [5, 5.41) is 9.70. The molecule has 6 nitrogen and oxygen atoms in total. The molecule has 0 radical (unpaired) electrons. The monoisotopic (exact) mass is 284 g/mol. The molecule has 2 saturated heterocycles. The lowest BCUT2D eigenvalue weighted by Crippen LogP contribution is -2.47. The third-order valence-electron chi connectivity index (χ3n) is 4.33. The summed E-state index contributed by atoms with van der Waals surface area (Å²) in [5.74, 6) is 0.344. The molecule has 2 rings (SSSR count). The number of β-amino-alcohol motifs (C(OH)–C–C–N with tert-alkyl or cyclic N) is 1. The van der Waals surface area contributed by atoms with Crippen LogP contribution in [0.2, 0.25) is 0 Å². The van der Waals surface area contributed by atoms with Gasteiger partial charge in [0.2, 0.25) is 5.91 Å². The number of hydrogen-bond donors (Lipinski definition) is 1. The van der Waals surface area contributed by atoms with E-state index in [4.69, 9.17) is 4.74 Å². The minimum atomic E-state index is -0.562. The Labute approximate surface area is 119 Å². The first kappa shape index (κ1) is 15.3. The van der Waals surface area contributed by atoms with Crippen molar-refractivity contribution in [3.8, 4) is 0 Å². The van der Waals surface area contributed by atoms with Crippen molar-refractivity contribution in [1.82, 2.24) is 9.80 Å². The van der Waals surface area contributed by atoms with Crippen molar-refractivity contribution in [1.29, 1.82) is 0 Å². The zero-order valence-electron chi connectivity index (χ0n) is 12.2. The second-order valence-corrected chi connectivity index (χ2v) is 5.92. The Morgan fingerprint density at radius 1 is 1.30 bits per heavy atom. The smallest absolute Gasteiger partial charge is 0.323 e. The molecule has 0 spiro atoms. The van der Waals surface area contributed by atoms with Crippen LogP contribution in [0, 0.1) is 5.92 Å². The van der Waals surface area contributed by atoms with Crippen LogP contribution in [0.25, 0.3) is 0 Å². The van der Waals surface area contributed by atoms with Crippen LogP contribution in [0.15, 0.2) is 0 Å². The Bertz CT molecular complexity index is 366. The van der Waals surface area contributed by atoms with Crippen LogP contribution < -0.4 is 0 Å². The van der Waals surface area contributed by atoms with Crippen LogP contribution in [0.3, 0.4) is 0 Å². The standard InChI is InChI=1S/C14H24N2O4/c1-10-3-5-15(6-4-10)13(18)9-16-8-11(17)7-12(16)14(19)20-2/h10-12,17H,3-9H2,1-2H3. The lowest BCUT2D eigenvalue weighted by molar-refractivity contribution is -0.147. The quantitative estimate of drug-likeness (QED) is 0.730. The third-order valence-corrected chi connectivity index (χ3v) is 4.33. The highest BCUT2D eigenvalue weighted by Crippen LogP contribution is 2.20. The van der Waals surface area contributed by atoms with E-state index in [1.165, 1.54) is 7.11 Å². The number of hydrogen-bond acceptors (Lipinski definition) is 5. The molecule has 114 valence electrons. The predicted molar refractivity (Wildman–Crippen MR) is 73.0 cm³/mol. The van der Waals surface area contributed by atoms with Gasteiger partial charge in [-0.15, -0.1) is 0 Å². The van der Waals surface area contributed by atoms with Crippen LogP contribution >= 0.6 is 0 Å². The molecule has 0 aromatic carbocycles. The topological polar surface area (TPSA) is 70.1 Å². The second kappa shape index (κ2) is 6.54. The number of rotatable bonds is 3. The van der Waals surface area contributed by atoms with E-state index in [1.807, 2.05) is 4.90 Å². The first-order valence-electron chi connectivity index (χ1n) is 7.29.